The lowest BCUT2D eigenvalue weighted by atomic mass is 10.1. The number of imide groups is 1. The molecule has 0 saturated heterocycles. The Morgan fingerprint density at radius 2 is 1.87 bits per heavy atom. The number of methoxy groups -OCH3 is 1. The summed E-state index contributed by atoms with van der Waals surface area (Å²) < 4.78 is 4.46. The number of carbonyl (C=O) groups is 3. The molecular weight excluding hydrogens is 320 g/mol. The predicted octanol–water partition coefficient (Wildman–Crippen LogP) is 1.56. The largest absolute Gasteiger partial charge is 0.453 e. The van der Waals surface area contributed by atoms with E-state index in [1.54, 1.807) is 24.3 Å². The fraction of sp³-hybridized carbons (Fsp3) is 0.214. The number of anilines is 1. The summed E-state index contributed by atoms with van der Waals surface area (Å²) in [5, 5.41) is 11.0. The lowest BCUT2D eigenvalue weighted by Gasteiger charge is -2.11. The van der Waals surface area contributed by atoms with Gasteiger partial charge in [0.1, 0.15) is 5.01 Å². The lowest BCUT2D eigenvalue weighted by molar-refractivity contribution is 0.0656. The van der Waals surface area contributed by atoms with Crippen molar-refractivity contribution in [1.82, 2.24) is 15.1 Å². The van der Waals surface area contributed by atoms with Crippen LogP contribution in [-0.4, -0.2) is 46.7 Å². The van der Waals surface area contributed by atoms with Crippen molar-refractivity contribution in [3.8, 4) is 0 Å². The predicted molar refractivity (Wildman–Crippen MR) is 81.4 cm³/mol. The molecule has 2 aromatic rings. The fourth-order valence-electron chi connectivity index (χ4n) is 2.19. The van der Waals surface area contributed by atoms with Crippen LogP contribution in [0, 0.1) is 0 Å². The highest BCUT2D eigenvalue weighted by molar-refractivity contribution is 7.15. The Balaban J connectivity index is 1.65. The molecule has 0 radical (unpaired) electrons. The monoisotopic (exact) mass is 332 g/mol. The van der Waals surface area contributed by atoms with Crippen LogP contribution >= 0.6 is 11.3 Å². The molecule has 2 heterocycles. The Kier molecular flexibility index (Phi) is 4.02. The number of fused-ring (bicyclic) bond motifs is 1. The summed E-state index contributed by atoms with van der Waals surface area (Å²) in [6.07, 6.45) is -0.264. The maximum absolute atomic E-state index is 12.2. The first-order chi connectivity index (χ1) is 11.1. The molecule has 0 bridgehead atoms. The van der Waals surface area contributed by atoms with E-state index in [2.05, 4.69) is 20.3 Å². The van der Waals surface area contributed by atoms with Gasteiger partial charge in [0.05, 0.1) is 18.2 Å². The Labute approximate surface area is 135 Å². The highest BCUT2D eigenvalue weighted by Gasteiger charge is 2.34. The van der Waals surface area contributed by atoms with Crippen LogP contribution in [0.3, 0.4) is 0 Å². The van der Waals surface area contributed by atoms with E-state index in [4.69, 9.17) is 0 Å². The summed E-state index contributed by atoms with van der Waals surface area (Å²) in [5.41, 5.74) is 0.839. The van der Waals surface area contributed by atoms with Gasteiger partial charge in [-0.25, -0.2) is 4.79 Å². The number of nitrogens with one attached hydrogen (secondary N) is 1. The van der Waals surface area contributed by atoms with Crippen LogP contribution in [0.25, 0.3) is 0 Å². The van der Waals surface area contributed by atoms with Crippen molar-refractivity contribution < 1.29 is 19.1 Å². The number of rotatable bonds is 4. The summed E-state index contributed by atoms with van der Waals surface area (Å²) in [4.78, 5) is 36.7. The zero-order valence-electron chi connectivity index (χ0n) is 12.1. The first-order valence-corrected chi connectivity index (χ1v) is 7.54. The van der Waals surface area contributed by atoms with Gasteiger partial charge in [0, 0.05) is 13.0 Å². The molecule has 0 atom stereocenters. The molecule has 3 rings (SSSR count). The second-order valence-corrected chi connectivity index (χ2v) is 5.74. The van der Waals surface area contributed by atoms with E-state index in [0.29, 0.717) is 27.7 Å². The zero-order valence-corrected chi connectivity index (χ0v) is 12.9. The normalized spacial score (nSPS) is 13.2. The van der Waals surface area contributed by atoms with Gasteiger partial charge in [0.25, 0.3) is 11.8 Å². The number of hydrogen-bond donors (Lipinski definition) is 1. The summed E-state index contributed by atoms with van der Waals surface area (Å²) >= 11 is 1.16. The van der Waals surface area contributed by atoms with E-state index < -0.39 is 6.09 Å². The first-order valence-electron chi connectivity index (χ1n) is 6.72. The minimum Gasteiger partial charge on any atom is -0.453 e. The molecule has 0 saturated carbocycles. The molecule has 8 nitrogen and oxygen atoms in total. The number of amides is 3. The molecule has 0 fully saturated rings. The molecule has 23 heavy (non-hydrogen) atoms. The standard InChI is InChI=1S/C14H12N4O4S/c1-22-14(21)15-13-17-16-10(23-13)6-7-18-11(19)8-4-2-3-5-9(8)12(18)20/h2-5H,6-7H2,1H3,(H,15,17,21). The fourth-order valence-corrected chi connectivity index (χ4v) is 2.91. The van der Waals surface area contributed by atoms with Crippen molar-refractivity contribution in [1.29, 1.82) is 0 Å². The second kappa shape index (κ2) is 6.13. The van der Waals surface area contributed by atoms with Gasteiger partial charge in [-0.3, -0.25) is 19.8 Å². The van der Waals surface area contributed by atoms with Crippen LogP contribution in [0.2, 0.25) is 0 Å². The van der Waals surface area contributed by atoms with Crippen molar-refractivity contribution in [3.63, 3.8) is 0 Å². The molecule has 1 aromatic heterocycles. The topological polar surface area (TPSA) is 101 Å². The van der Waals surface area contributed by atoms with Crippen LogP contribution in [0.4, 0.5) is 9.93 Å². The molecule has 118 valence electrons. The third-order valence-electron chi connectivity index (χ3n) is 3.29. The van der Waals surface area contributed by atoms with E-state index in [1.807, 2.05) is 0 Å². The van der Waals surface area contributed by atoms with E-state index >= 15 is 0 Å². The van der Waals surface area contributed by atoms with Gasteiger partial charge in [-0.15, -0.1) is 10.2 Å². The van der Waals surface area contributed by atoms with E-state index in [1.165, 1.54) is 12.0 Å². The minimum atomic E-state index is -0.631. The summed E-state index contributed by atoms with van der Waals surface area (Å²) in [5.74, 6) is -0.606. The molecule has 1 aromatic carbocycles. The molecule has 1 N–H and O–H groups in total. The highest BCUT2D eigenvalue weighted by atomic mass is 32.1. The maximum atomic E-state index is 12.2. The van der Waals surface area contributed by atoms with E-state index in [9.17, 15) is 14.4 Å². The van der Waals surface area contributed by atoms with Crippen LogP contribution < -0.4 is 5.32 Å². The number of carbonyl (C=O) groups excluding carboxylic acids is 3. The number of nitrogens with zero attached hydrogens (tertiary/aromatic N) is 3. The molecular formula is C14H12N4O4S. The number of benzene rings is 1. The van der Waals surface area contributed by atoms with Crippen LogP contribution in [0.15, 0.2) is 24.3 Å². The summed E-state index contributed by atoms with van der Waals surface area (Å²) in [6, 6.07) is 6.73. The Bertz CT molecular complexity index is 754. The van der Waals surface area contributed by atoms with Crippen LogP contribution in [-0.2, 0) is 11.2 Å². The molecule has 1 aliphatic heterocycles. The van der Waals surface area contributed by atoms with Crippen molar-refractivity contribution in [2.75, 3.05) is 19.0 Å². The molecule has 3 amide bonds. The van der Waals surface area contributed by atoms with E-state index in [0.717, 1.165) is 11.3 Å². The second-order valence-electron chi connectivity index (χ2n) is 4.68. The van der Waals surface area contributed by atoms with Crippen LogP contribution in [0.5, 0.6) is 0 Å². The average Bonchev–Trinajstić information content (AvgIpc) is 3.10. The lowest BCUT2D eigenvalue weighted by Crippen LogP contribution is -2.31. The Hall–Kier alpha value is -2.81. The molecule has 0 aliphatic carbocycles. The minimum absolute atomic E-state index is 0.208. The van der Waals surface area contributed by atoms with Gasteiger partial charge in [0.2, 0.25) is 5.13 Å². The van der Waals surface area contributed by atoms with Crippen molar-refractivity contribution in [3.05, 3.63) is 40.4 Å². The van der Waals surface area contributed by atoms with Gasteiger partial charge in [-0.1, -0.05) is 23.5 Å². The number of ether oxygens (including phenoxy) is 1. The molecule has 1 aliphatic rings. The number of aromatic nitrogens is 2. The van der Waals surface area contributed by atoms with Gasteiger partial charge in [0.15, 0.2) is 0 Å². The zero-order chi connectivity index (χ0) is 16.4. The third kappa shape index (κ3) is 2.90. The van der Waals surface area contributed by atoms with Gasteiger partial charge >= 0.3 is 6.09 Å². The summed E-state index contributed by atoms with van der Waals surface area (Å²) in [7, 11) is 1.25. The highest BCUT2D eigenvalue weighted by Crippen LogP contribution is 2.23. The quantitative estimate of drug-likeness (QED) is 0.853. The smallest absolute Gasteiger partial charge is 0.413 e. The van der Waals surface area contributed by atoms with Gasteiger partial charge < -0.3 is 4.74 Å². The Morgan fingerprint density at radius 1 is 1.22 bits per heavy atom. The first kappa shape index (κ1) is 15.1. The average molecular weight is 332 g/mol. The van der Waals surface area contributed by atoms with Gasteiger partial charge in [-0.2, -0.15) is 0 Å². The molecule has 9 heteroatoms. The maximum Gasteiger partial charge on any atom is 0.413 e. The SMILES string of the molecule is COC(=O)Nc1nnc(CCN2C(=O)c3ccccc3C2=O)s1. The Morgan fingerprint density at radius 3 is 2.48 bits per heavy atom. The van der Waals surface area contributed by atoms with Crippen molar-refractivity contribution >= 4 is 34.4 Å². The van der Waals surface area contributed by atoms with Crippen molar-refractivity contribution in [2.24, 2.45) is 0 Å². The van der Waals surface area contributed by atoms with Gasteiger partial charge in [-0.05, 0) is 12.1 Å². The number of hydrogen-bond acceptors (Lipinski definition) is 7. The van der Waals surface area contributed by atoms with E-state index in [-0.39, 0.29) is 18.4 Å². The molecule has 0 unspecified atom stereocenters. The molecule has 0 spiro atoms. The van der Waals surface area contributed by atoms with Crippen LogP contribution in [0.1, 0.15) is 25.7 Å². The third-order valence-corrected chi connectivity index (χ3v) is 4.19. The summed E-state index contributed by atoms with van der Waals surface area (Å²) in [6.45, 7) is 0.208. The van der Waals surface area contributed by atoms with Crippen molar-refractivity contribution in [2.45, 2.75) is 6.42 Å².